The lowest BCUT2D eigenvalue weighted by molar-refractivity contribution is -0.115. The second kappa shape index (κ2) is 10.3. The number of ether oxygens (including phenoxy) is 3. The average molecular weight is 437 g/mol. The summed E-state index contributed by atoms with van der Waals surface area (Å²) in [6.45, 7) is 3.81. The normalized spacial score (nSPS) is 19.9. The Kier molecular flexibility index (Phi) is 7.28. The molecule has 1 aliphatic heterocycles. The summed E-state index contributed by atoms with van der Waals surface area (Å²) in [7, 11) is 1.59. The molecule has 2 aromatic rings. The number of methoxy groups -OCH3 is 1. The van der Waals surface area contributed by atoms with Crippen LogP contribution < -0.4 is 4.74 Å². The number of hydrogen-bond acceptors (Lipinski definition) is 5. The van der Waals surface area contributed by atoms with Crippen LogP contribution in [0.25, 0.3) is 16.7 Å². The zero-order valence-electron chi connectivity index (χ0n) is 18.9. The third-order valence-corrected chi connectivity index (χ3v) is 6.57. The first-order valence-electron chi connectivity index (χ1n) is 11.4. The van der Waals surface area contributed by atoms with E-state index >= 15 is 0 Å². The van der Waals surface area contributed by atoms with Crippen LogP contribution in [0.4, 0.5) is 0 Å². The predicted octanol–water partition coefficient (Wildman–Crippen LogP) is 5.71. The largest absolute Gasteiger partial charge is 0.512 e. The average Bonchev–Trinajstić information content (AvgIpc) is 2.79. The minimum atomic E-state index is 0.0503. The van der Waals surface area contributed by atoms with Gasteiger partial charge >= 0.3 is 0 Å². The van der Waals surface area contributed by atoms with Crippen molar-refractivity contribution >= 4 is 11.4 Å². The van der Waals surface area contributed by atoms with Gasteiger partial charge in [-0.25, -0.2) is 0 Å². The van der Waals surface area contributed by atoms with Gasteiger partial charge in [0.15, 0.2) is 12.6 Å². The molecule has 0 saturated carbocycles. The van der Waals surface area contributed by atoms with E-state index in [0.717, 1.165) is 60.5 Å². The molecule has 5 nitrogen and oxygen atoms in total. The third-order valence-electron chi connectivity index (χ3n) is 6.57. The van der Waals surface area contributed by atoms with Crippen molar-refractivity contribution in [3.63, 3.8) is 0 Å². The minimum Gasteiger partial charge on any atom is -0.512 e. The number of allylic oxidation sites excluding steroid dienone is 2. The lowest BCUT2D eigenvalue weighted by Crippen LogP contribution is -2.24. The quantitative estimate of drug-likeness (QED) is 0.563. The molecule has 1 atom stereocenters. The molecular weight excluding hydrogens is 404 g/mol. The maximum Gasteiger partial charge on any atom is 0.188 e. The van der Waals surface area contributed by atoms with Crippen LogP contribution in [0.2, 0.25) is 0 Å². The Morgan fingerprint density at radius 1 is 1.00 bits per heavy atom. The summed E-state index contributed by atoms with van der Waals surface area (Å²) in [5.74, 6) is 1.84. The number of carbonyl (C=O) groups is 1. The number of aryl methyl sites for hydroxylation is 1. The molecule has 0 bridgehead atoms. The molecule has 0 amide bonds. The van der Waals surface area contributed by atoms with Crippen molar-refractivity contribution in [2.24, 2.45) is 11.8 Å². The lowest BCUT2D eigenvalue weighted by Gasteiger charge is -2.29. The molecular formula is C27H32O5. The number of carbonyl (C=O) groups excluding carboxylic acids is 1. The molecule has 1 saturated heterocycles. The van der Waals surface area contributed by atoms with Crippen molar-refractivity contribution in [3.8, 4) is 16.9 Å². The second-order valence-corrected chi connectivity index (χ2v) is 8.92. The number of Topliss-reactive ketones (excluding diaryl/α,β-unsaturated/α-hetero) is 1. The number of aliphatic hydroxyl groups is 1. The zero-order valence-corrected chi connectivity index (χ0v) is 18.9. The SMILES string of the molecule is COCOc1ccc(-c2ccc(C)c(C3=C(O)CC(CC4CCOCC4)CC3=O)c2)cc1. The molecule has 2 aromatic carbocycles. The van der Waals surface area contributed by atoms with Crippen molar-refractivity contribution in [2.75, 3.05) is 27.1 Å². The van der Waals surface area contributed by atoms with Crippen molar-refractivity contribution in [1.82, 2.24) is 0 Å². The van der Waals surface area contributed by atoms with Gasteiger partial charge in [0.1, 0.15) is 11.5 Å². The Hall–Kier alpha value is -2.63. The van der Waals surface area contributed by atoms with E-state index in [9.17, 15) is 9.90 Å². The van der Waals surface area contributed by atoms with Crippen molar-refractivity contribution in [1.29, 1.82) is 0 Å². The van der Waals surface area contributed by atoms with Crippen LogP contribution in [0.3, 0.4) is 0 Å². The van der Waals surface area contributed by atoms with Gasteiger partial charge < -0.3 is 19.3 Å². The van der Waals surface area contributed by atoms with Gasteiger partial charge in [-0.3, -0.25) is 4.79 Å². The molecule has 0 spiro atoms. The fraction of sp³-hybridized carbons (Fsp3) is 0.444. The molecule has 1 unspecified atom stereocenters. The summed E-state index contributed by atoms with van der Waals surface area (Å²) in [5.41, 5.74) is 4.34. The second-order valence-electron chi connectivity index (χ2n) is 8.92. The molecule has 5 heteroatoms. The molecule has 0 radical (unpaired) electrons. The predicted molar refractivity (Wildman–Crippen MR) is 125 cm³/mol. The number of rotatable bonds is 7. The first kappa shape index (κ1) is 22.6. The highest BCUT2D eigenvalue weighted by atomic mass is 16.7. The van der Waals surface area contributed by atoms with Gasteiger partial charge in [-0.1, -0.05) is 24.3 Å². The third kappa shape index (κ3) is 5.22. The molecule has 2 aliphatic rings. The van der Waals surface area contributed by atoms with Gasteiger partial charge in [0.05, 0.1) is 5.57 Å². The first-order chi connectivity index (χ1) is 15.5. The Balaban J connectivity index is 1.54. The smallest absolute Gasteiger partial charge is 0.188 e. The highest BCUT2D eigenvalue weighted by Gasteiger charge is 2.31. The highest BCUT2D eigenvalue weighted by molar-refractivity contribution is 6.22. The van der Waals surface area contributed by atoms with Gasteiger partial charge in [0.25, 0.3) is 0 Å². The molecule has 1 heterocycles. The number of hydrogen-bond donors (Lipinski definition) is 1. The topological polar surface area (TPSA) is 65.0 Å². The minimum absolute atomic E-state index is 0.0503. The van der Waals surface area contributed by atoms with E-state index in [1.165, 1.54) is 0 Å². The van der Waals surface area contributed by atoms with Crippen LogP contribution in [0.5, 0.6) is 5.75 Å². The summed E-state index contributed by atoms with van der Waals surface area (Å²) >= 11 is 0. The summed E-state index contributed by atoms with van der Waals surface area (Å²) in [5, 5.41) is 10.9. The van der Waals surface area contributed by atoms with E-state index in [0.29, 0.717) is 24.3 Å². The zero-order chi connectivity index (χ0) is 22.5. The summed E-state index contributed by atoms with van der Waals surface area (Å²) in [6, 6.07) is 13.8. The summed E-state index contributed by atoms with van der Waals surface area (Å²) < 4.78 is 15.9. The lowest BCUT2D eigenvalue weighted by atomic mass is 9.77. The molecule has 1 N–H and O–H groups in total. The van der Waals surface area contributed by atoms with E-state index in [1.54, 1.807) is 7.11 Å². The Bertz CT molecular complexity index is 970. The first-order valence-corrected chi connectivity index (χ1v) is 11.4. The van der Waals surface area contributed by atoms with Gasteiger partial charge in [0.2, 0.25) is 0 Å². The fourth-order valence-electron chi connectivity index (χ4n) is 4.84. The van der Waals surface area contributed by atoms with Crippen molar-refractivity contribution in [3.05, 3.63) is 59.4 Å². The standard InChI is InChI=1S/C27H32O5/c1-18-3-4-22(21-5-7-23(8-6-21)32-17-30-2)16-24(18)27-25(28)14-20(15-26(27)29)13-19-9-11-31-12-10-19/h3-8,16,19-20,28H,9-15,17H2,1-2H3. The molecule has 1 aliphatic carbocycles. The maximum atomic E-state index is 13.1. The Morgan fingerprint density at radius 3 is 2.41 bits per heavy atom. The monoisotopic (exact) mass is 436 g/mol. The highest BCUT2D eigenvalue weighted by Crippen LogP contribution is 2.38. The molecule has 170 valence electrons. The van der Waals surface area contributed by atoms with E-state index in [2.05, 4.69) is 0 Å². The van der Waals surface area contributed by atoms with E-state index in [-0.39, 0.29) is 24.3 Å². The van der Waals surface area contributed by atoms with Crippen molar-refractivity contribution < 1.29 is 24.1 Å². The van der Waals surface area contributed by atoms with Gasteiger partial charge in [-0.05, 0) is 78.5 Å². The summed E-state index contributed by atoms with van der Waals surface area (Å²) in [4.78, 5) is 13.1. The number of ketones is 1. The van der Waals surface area contributed by atoms with E-state index in [4.69, 9.17) is 14.2 Å². The van der Waals surface area contributed by atoms with Crippen LogP contribution in [-0.4, -0.2) is 38.0 Å². The van der Waals surface area contributed by atoms with E-state index in [1.807, 2.05) is 49.4 Å². The molecule has 4 rings (SSSR count). The number of aliphatic hydroxyl groups excluding tert-OH is 1. The van der Waals surface area contributed by atoms with Gasteiger partial charge in [-0.15, -0.1) is 0 Å². The van der Waals surface area contributed by atoms with Crippen LogP contribution in [-0.2, 0) is 14.3 Å². The summed E-state index contributed by atoms with van der Waals surface area (Å²) in [6.07, 6.45) is 4.18. The Labute approximate surface area is 190 Å². The van der Waals surface area contributed by atoms with Crippen LogP contribution in [0.15, 0.2) is 48.2 Å². The number of benzene rings is 2. The molecule has 1 fully saturated rings. The van der Waals surface area contributed by atoms with Crippen molar-refractivity contribution in [2.45, 2.75) is 39.0 Å². The molecule has 32 heavy (non-hydrogen) atoms. The van der Waals surface area contributed by atoms with Gasteiger partial charge in [0, 0.05) is 33.2 Å². The van der Waals surface area contributed by atoms with Crippen LogP contribution >= 0.6 is 0 Å². The fourth-order valence-corrected chi connectivity index (χ4v) is 4.84. The van der Waals surface area contributed by atoms with Crippen LogP contribution in [0.1, 0.15) is 43.2 Å². The Morgan fingerprint density at radius 2 is 1.72 bits per heavy atom. The molecule has 0 aromatic heterocycles. The maximum absolute atomic E-state index is 13.1. The van der Waals surface area contributed by atoms with E-state index < -0.39 is 0 Å². The van der Waals surface area contributed by atoms with Gasteiger partial charge in [-0.2, -0.15) is 0 Å². The van der Waals surface area contributed by atoms with Crippen LogP contribution in [0, 0.1) is 18.8 Å².